The Morgan fingerprint density at radius 1 is 1.37 bits per heavy atom. The van der Waals surface area contributed by atoms with Crippen LogP contribution in [0, 0.1) is 18.3 Å². The van der Waals surface area contributed by atoms with Crippen molar-refractivity contribution in [3.8, 4) is 0 Å². The predicted molar refractivity (Wildman–Crippen MR) is 73.9 cm³/mol. The van der Waals surface area contributed by atoms with E-state index in [0.29, 0.717) is 17.4 Å². The van der Waals surface area contributed by atoms with E-state index in [2.05, 4.69) is 31.2 Å². The molecule has 19 heavy (non-hydrogen) atoms. The minimum atomic E-state index is -0.113. The molecule has 0 aromatic carbocycles. The Morgan fingerprint density at radius 2 is 2.05 bits per heavy atom. The van der Waals surface area contributed by atoms with Gasteiger partial charge in [-0.3, -0.25) is 4.79 Å². The van der Waals surface area contributed by atoms with E-state index in [1.165, 1.54) is 19.3 Å². The average molecular weight is 264 g/mol. The fraction of sp³-hybridized carbons (Fsp3) is 0.733. The standard InChI is InChI=1S/C15H24N2O2/c1-10-9-13(17-19-10)14(18)16-12-8-6-5-7-11(12)15(2,3)4/h9,11-12H,5-8H2,1-4H3,(H,16,18)/t11-,12+/m0/s1. The molecule has 1 aromatic rings. The molecule has 0 spiro atoms. The monoisotopic (exact) mass is 264 g/mol. The van der Waals surface area contributed by atoms with Crippen LogP contribution >= 0.6 is 0 Å². The van der Waals surface area contributed by atoms with E-state index in [9.17, 15) is 4.79 Å². The number of aromatic nitrogens is 1. The lowest BCUT2D eigenvalue weighted by molar-refractivity contribution is 0.0821. The lowest BCUT2D eigenvalue weighted by Crippen LogP contribution is -2.46. The molecule has 1 aliphatic rings. The summed E-state index contributed by atoms with van der Waals surface area (Å²) in [4.78, 5) is 12.2. The zero-order valence-electron chi connectivity index (χ0n) is 12.3. The minimum Gasteiger partial charge on any atom is -0.361 e. The topological polar surface area (TPSA) is 55.1 Å². The number of carbonyl (C=O) groups excluding carboxylic acids is 1. The van der Waals surface area contributed by atoms with Crippen LogP contribution in [0.3, 0.4) is 0 Å². The number of amides is 1. The van der Waals surface area contributed by atoms with E-state index in [-0.39, 0.29) is 17.4 Å². The molecule has 0 radical (unpaired) electrons. The first-order valence-electron chi connectivity index (χ1n) is 7.12. The van der Waals surface area contributed by atoms with Crippen molar-refractivity contribution in [2.45, 2.75) is 59.4 Å². The van der Waals surface area contributed by atoms with E-state index in [4.69, 9.17) is 4.52 Å². The zero-order valence-corrected chi connectivity index (χ0v) is 12.3. The van der Waals surface area contributed by atoms with E-state index >= 15 is 0 Å². The van der Waals surface area contributed by atoms with Crippen molar-refractivity contribution in [3.63, 3.8) is 0 Å². The van der Waals surface area contributed by atoms with Crippen LogP contribution in [0.5, 0.6) is 0 Å². The van der Waals surface area contributed by atoms with Gasteiger partial charge in [-0.15, -0.1) is 0 Å². The number of nitrogens with zero attached hydrogens (tertiary/aromatic N) is 1. The summed E-state index contributed by atoms with van der Waals surface area (Å²) >= 11 is 0. The molecule has 1 heterocycles. The van der Waals surface area contributed by atoms with Crippen LogP contribution in [0.1, 0.15) is 62.7 Å². The Bertz CT molecular complexity index is 445. The third-order valence-corrected chi connectivity index (χ3v) is 4.06. The second-order valence-corrected chi connectivity index (χ2v) is 6.66. The molecule has 4 nitrogen and oxygen atoms in total. The largest absolute Gasteiger partial charge is 0.361 e. The molecule has 1 saturated carbocycles. The maximum absolute atomic E-state index is 12.2. The van der Waals surface area contributed by atoms with Crippen LogP contribution in [0.2, 0.25) is 0 Å². The summed E-state index contributed by atoms with van der Waals surface area (Å²) in [6.45, 7) is 8.55. The van der Waals surface area contributed by atoms with Crippen molar-refractivity contribution in [3.05, 3.63) is 17.5 Å². The molecule has 0 aliphatic heterocycles. The Balaban J connectivity index is 2.05. The number of hydrogen-bond acceptors (Lipinski definition) is 3. The molecule has 1 N–H and O–H groups in total. The predicted octanol–water partition coefficient (Wildman–Crippen LogP) is 3.32. The van der Waals surface area contributed by atoms with E-state index < -0.39 is 0 Å². The first-order chi connectivity index (χ1) is 8.88. The van der Waals surface area contributed by atoms with Gasteiger partial charge >= 0.3 is 0 Å². The molecule has 2 atom stereocenters. The number of rotatable bonds is 2. The molecule has 4 heteroatoms. The van der Waals surface area contributed by atoms with Gasteiger partial charge in [0.2, 0.25) is 0 Å². The van der Waals surface area contributed by atoms with Gasteiger partial charge in [-0.2, -0.15) is 0 Å². The highest BCUT2D eigenvalue weighted by Crippen LogP contribution is 2.38. The Morgan fingerprint density at radius 3 is 2.63 bits per heavy atom. The highest BCUT2D eigenvalue weighted by Gasteiger charge is 2.35. The van der Waals surface area contributed by atoms with Gasteiger partial charge in [0.05, 0.1) is 0 Å². The summed E-state index contributed by atoms with van der Waals surface area (Å²) in [5.41, 5.74) is 0.605. The van der Waals surface area contributed by atoms with Gasteiger partial charge in [0.25, 0.3) is 5.91 Å². The smallest absolute Gasteiger partial charge is 0.273 e. The van der Waals surface area contributed by atoms with Crippen LogP contribution in [0.4, 0.5) is 0 Å². The Labute approximate surface area is 114 Å². The number of nitrogens with one attached hydrogen (secondary N) is 1. The third kappa shape index (κ3) is 3.37. The van der Waals surface area contributed by atoms with Gasteiger partial charge in [0.1, 0.15) is 5.76 Å². The maximum atomic E-state index is 12.2. The summed E-state index contributed by atoms with van der Waals surface area (Å²) < 4.78 is 4.96. The van der Waals surface area contributed by atoms with Crippen LogP contribution in [-0.2, 0) is 0 Å². The van der Waals surface area contributed by atoms with Gasteiger partial charge in [-0.1, -0.05) is 38.8 Å². The van der Waals surface area contributed by atoms with Gasteiger partial charge < -0.3 is 9.84 Å². The number of hydrogen-bond donors (Lipinski definition) is 1. The molecule has 0 saturated heterocycles. The normalized spacial score (nSPS) is 24.2. The van der Waals surface area contributed by atoms with E-state index in [0.717, 1.165) is 6.42 Å². The fourth-order valence-electron chi connectivity index (χ4n) is 3.06. The SMILES string of the molecule is Cc1cc(C(=O)N[C@@H]2CCCC[C@@H]2C(C)(C)C)no1. The third-order valence-electron chi connectivity index (χ3n) is 4.06. The highest BCUT2D eigenvalue weighted by molar-refractivity contribution is 5.92. The molecule has 1 fully saturated rings. The van der Waals surface area contributed by atoms with Gasteiger partial charge in [-0.25, -0.2) is 0 Å². The lowest BCUT2D eigenvalue weighted by atomic mass is 9.69. The van der Waals surface area contributed by atoms with Crippen molar-refractivity contribution in [1.29, 1.82) is 0 Å². The molecule has 2 rings (SSSR count). The Kier molecular flexibility index (Phi) is 3.97. The molecular weight excluding hydrogens is 240 g/mol. The second-order valence-electron chi connectivity index (χ2n) is 6.66. The van der Waals surface area contributed by atoms with Crippen molar-refractivity contribution in [2.75, 3.05) is 0 Å². The van der Waals surface area contributed by atoms with E-state index in [1.54, 1.807) is 13.0 Å². The fourth-order valence-corrected chi connectivity index (χ4v) is 3.06. The van der Waals surface area contributed by atoms with Crippen molar-refractivity contribution in [2.24, 2.45) is 11.3 Å². The first-order valence-corrected chi connectivity index (χ1v) is 7.12. The summed E-state index contributed by atoms with van der Waals surface area (Å²) in [5.74, 6) is 1.08. The van der Waals surface area contributed by atoms with Crippen LogP contribution in [-0.4, -0.2) is 17.1 Å². The summed E-state index contributed by atoms with van der Waals surface area (Å²) in [7, 11) is 0. The van der Waals surface area contributed by atoms with Crippen LogP contribution < -0.4 is 5.32 Å². The summed E-state index contributed by atoms with van der Waals surface area (Å²) in [5, 5.41) is 6.93. The molecule has 0 bridgehead atoms. The van der Waals surface area contributed by atoms with Crippen molar-refractivity contribution < 1.29 is 9.32 Å². The van der Waals surface area contributed by atoms with Gasteiger partial charge in [-0.05, 0) is 31.1 Å². The first kappa shape index (κ1) is 14.1. The maximum Gasteiger partial charge on any atom is 0.273 e. The second kappa shape index (κ2) is 5.35. The lowest BCUT2D eigenvalue weighted by Gasteiger charge is -2.40. The summed E-state index contributed by atoms with van der Waals surface area (Å²) in [6, 6.07) is 1.93. The minimum absolute atomic E-state index is 0.113. The molecule has 106 valence electrons. The van der Waals surface area contributed by atoms with Crippen LogP contribution in [0.25, 0.3) is 0 Å². The molecule has 0 unspecified atom stereocenters. The average Bonchev–Trinajstić information content (AvgIpc) is 2.75. The van der Waals surface area contributed by atoms with Crippen molar-refractivity contribution in [1.82, 2.24) is 10.5 Å². The zero-order chi connectivity index (χ0) is 14.0. The number of carbonyl (C=O) groups is 1. The van der Waals surface area contributed by atoms with Crippen LogP contribution in [0.15, 0.2) is 10.6 Å². The molecule has 1 aromatic heterocycles. The quantitative estimate of drug-likeness (QED) is 0.891. The van der Waals surface area contributed by atoms with Gasteiger partial charge in [0.15, 0.2) is 5.69 Å². The summed E-state index contributed by atoms with van der Waals surface area (Å²) in [6.07, 6.45) is 4.70. The number of aryl methyl sites for hydroxylation is 1. The van der Waals surface area contributed by atoms with Crippen molar-refractivity contribution >= 4 is 5.91 Å². The Hall–Kier alpha value is -1.32. The van der Waals surface area contributed by atoms with Gasteiger partial charge in [0, 0.05) is 12.1 Å². The molecule has 1 amide bonds. The molecule has 1 aliphatic carbocycles. The molecular formula is C15H24N2O2. The van der Waals surface area contributed by atoms with E-state index in [1.807, 2.05) is 0 Å². The highest BCUT2D eigenvalue weighted by atomic mass is 16.5.